The summed E-state index contributed by atoms with van der Waals surface area (Å²) in [5, 5.41) is 0. The van der Waals surface area contributed by atoms with E-state index in [-0.39, 0.29) is 17.5 Å². The molecule has 1 fully saturated rings. The molecule has 0 aromatic carbocycles. The van der Waals surface area contributed by atoms with Crippen molar-refractivity contribution in [2.45, 2.75) is 33.3 Å². The van der Waals surface area contributed by atoms with Crippen molar-refractivity contribution in [2.24, 2.45) is 5.41 Å². The minimum atomic E-state index is -0.127. The lowest BCUT2D eigenvalue weighted by Gasteiger charge is -2.20. The maximum Gasteiger partial charge on any atom is 0.306 e. The first-order chi connectivity index (χ1) is 5.56. The standard InChI is InChI=1S/C9H16O3/c1-4-11-8(10)5-9(2,3)7-6-12-7/h7H,4-6H2,1-3H3. The van der Waals surface area contributed by atoms with Crippen molar-refractivity contribution < 1.29 is 14.3 Å². The maximum absolute atomic E-state index is 11.1. The Morgan fingerprint density at radius 2 is 2.25 bits per heavy atom. The minimum Gasteiger partial charge on any atom is -0.466 e. The molecule has 0 aromatic rings. The molecule has 0 amide bonds. The lowest BCUT2D eigenvalue weighted by molar-refractivity contribution is -0.145. The predicted molar refractivity (Wildman–Crippen MR) is 44.8 cm³/mol. The van der Waals surface area contributed by atoms with Crippen LogP contribution >= 0.6 is 0 Å². The molecule has 1 aliphatic rings. The summed E-state index contributed by atoms with van der Waals surface area (Å²) < 4.78 is 10.0. The van der Waals surface area contributed by atoms with Crippen LogP contribution in [0.15, 0.2) is 0 Å². The number of hydrogen-bond acceptors (Lipinski definition) is 3. The van der Waals surface area contributed by atoms with Gasteiger partial charge in [0.05, 0.1) is 25.7 Å². The van der Waals surface area contributed by atoms with Crippen molar-refractivity contribution in [3.63, 3.8) is 0 Å². The number of esters is 1. The Balaban J connectivity index is 2.32. The van der Waals surface area contributed by atoms with E-state index in [1.165, 1.54) is 0 Å². The van der Waals surface area contributed by atoms with E-state index in [4.69, 9.17) is 9.47 Å². The molecule has 1 atom stereocenters. The van der Waals surface area contributed by atoms with Crippen molar-refractivity contribution in [3.8, 4) is 0 Å². The summed E-state index contributed by atoms with van der Waals surface area (Å²) in [6.07, 6.45) is 0.702. The molecule has 0 N–H and O–H groups in total. The van der Waals surface area contributed by atoms with E-state index in [1.807, 2.05) is 20.8 Å². The normalized spacial score (nSPS) is 22.1. The van der Waals surface area contributed by atoms with E-state index in [9.17, 15) is 4.79 Å². The van der Waals surface area contributed by atoms with E-state index in [0.29, 0.717) is 13.0 Å². The van der Waals surface area contributed by atoms with Gasteiger partial charge in [0.2, 0.25) is 0 Å². The van der Waals surface area contributed by atoms with Gasteiger partial charge in [0.1, 0.15) is 0 Å². The van der Waals surface area contributed by atoms with Crippen LogP contribution in [0, 0.1) is 5.41 Å². The molecule has 0 saturated carbocycles. The molecule has 1 aliphatic heterocycles. The van der Waals surface area contributed by atoms with Crippen LogP contribution in [0.25, 0.3) is 0 Å². The van der Waals surface area contributed by atoms with Gasteiger partial charge in [0, 0.05) is 5.41 Å². The van der Waals surface area contributed by atoms with Crippen molar-refractivity contribution in [1.82, 2.24) is 0 Å². The number of carbonyl (C=O) groups excluding carboxylic acids is 1. The second-order valence-corrected chi connectivity index (χ2v) is 3.79. The number of epoxide rings is 1. The fourth-order valence-electron chi connectivity index (χ4n) is 1.20. The first kappa shape index (κ1) is 9.52. The Labute approximate surface area is 73.0 Å². The summed E-state index contributed by atoms with van der Waals surface area (Å²) in [6.45, 7) is 7.12. The van der Waals surface area contributed by atoms with Gasteiger partial charge in [0.15, 0.2) is 0 Å². The molecule has 0 spiro atoms. The molecule has 3 nitrogen and oxygen atoms in total. The zero-order chi connectivity index (χ0) is 9.19. The maximum atomic E-state index is 11.1. The van der Waals surface area contributed by atoms with Gasteiger partial charge in [-0.1, -0.05) is 13.8 Å². The average Bonchev–Trinajstić information content (AvgIpc) is 2.65. The van der Waals surface area contributed by atoms with Crippen LogP contribution in [0.4, 0.5) is 0 Å². The van der Waals surface area contributed by atoms with Crippen molar-refractivity contribution in [1.29, 1.82) is 0 Å². The molecule has 0 aliphatic carbocycles. The first-order valence-electron chi connectivity index (χ1n) is 4.33. The lowest BCUT2D eigenvalue weighted by Crippen LogP contribution is -2.24. The zero-order valence-corrected chi connectivity index (χ0v) is 7.92. The molecule has 1 saturated heterocycles. The molecule has 70 valence electrons. The van der Waals surface area contributed by atoms with Crippen LogP contribution in [-0.4, -0.2) is 25.3 Å². The number of carbonyl (C=O) groups is 1. The monoisotopic (exact) mass is 172 g/mol. The largest absolute Gasteiger partial charge is 0.466 e. The lowest BCUT2D eigenvalue weighted by atomic mass is 9.86. The Morgan fingerprint density at radius 1 is 1.67 bits per heavy atom. The summed E-state index contributed by atoms with van der Waals surface area (Å²) in [5.41, 5.74) is -0.0632. The number of rotatable bonds is 4. The quantitative estimate of drug-likeness (QED) is 0.475. The fourth-order valence-corrected chi connectivity index (χ4v) is 1.20. The smallest absolute Gasteiger partial charge is 0.306 e. The van der Waals surface area contributed by atoms with Crippen LogP contribution in [-0.2, 0) is 14.3 Å². The topological polar surface area (TPSA) is 38.8 Å². The molecule has 12 heavy (non-hydrogen) atoms. The molecule has 1 heterocycles. The Bertz CT molecular complexity index is 171. The summed E-state index contributed by atoms with van der Waals surface area (Å²) in [6, 6.07) is 0. The molecule has 0 radical (unpaired) electrons. The Hall–Kier alpha value is -0.570. The van der Waals surface area contributed by atoms with E-state index in [0.717, 1.165) is 6.61 Å². The highest BCUT2D eigenvalue weighted by atomic mass is 16.6. The Kier molecular flexibility index (Phi) is 2.73. The van der Waals surface area contributed by atoms with Crippen LogP contribution in [0.1, 0.15) is 27.2 Å². The number of hydrogen-bond donors (Lipinski definition) is 0. The highest BCUT2D eigenvalue weighted by molar-refractivity contribution is 5.70. The van der Waals surface area contributed by atoms with Gasteiger partial charge in [-0.25, -0.2) is 0 Å². The van der Waals surface area contributed by atoms with E-state index in [2.05, 4.69) is 0 Å². The van der Waals surface area contributed by atoms with E-state index >= 15 is 0 Å². The summed E-state index contributed by atoms with van der Waals surface area (Å²) >= 11 is 0. The molecule has 3 heteroatoms. The van der Waals surface area contributed by atoms with Crippen molar-refractivity contribution in [2.75, 3.05) is 13.2 Å². The second-order valence-electron chi connectivity index (χ2n) is 3.79. The van der Waals surface area contributed by atoms with Gasteiger partial charge in [-0.2, -0.15) is 0 Å². The van der Waals surface area contributed by atoms with Gasteiger partial charge < -0.3 is 9.47 Å². The molecular formula is C9H16O3. The van der Waals surface area contributed by atoms with Crippen LogP contribution in [0.5, 0.6) is 0 Å². The highest BCUT2D eigenvalue weighted by Crippen LogP contribution is 2.35. The average molecular weight is 172 g/mol. The summed E-state index contributed by atoms with van der Waals surface area (Å²) in [5.74, 6) is -0.127. The minimum absolute atomic E-state index is 0.0632. The third-order valence-electron chi connectivity index (χ3n) is 2.11. The van der Waals surface area contributed by atoms with Crippen LogP contribution < -0.4 is 0 Å². The molecule has 1 unspecified atom stereocenters. The third kappa shape index (κ3) is 2.48. The molecular weight excluding hydrogens is 156 g/mol. The second kappa shape index (κ2) is 3.44. The summed E-state index contributed by atoms with van der Waals surface area (Å²) in [4.78, 5) is 11.1. The first-order valence-corrected chi connectivity index (χ1v) is 4.33. The van der Waals surface area contributed by atoms with Crippen LogP contribution in [0.3, 0.4) is 0 Å². The van der Waals surface area contributed by atoms with Crippen LogP contribution in [0.2, 0.25) is 0 Å². The molecule has 1 rings (SSSR count). The zero-order valence-electron chi connectivity index (χ0n) is 7.92. The van der Waals surface area contributed by atoms with Gasteiger partial charge in [-0.15, -0.1) is 0 Å². The Morgan fingerprint density at radius 3 is 2.67 bits per heavy atom. The number of ether oxygens (including phenoxy) is 2. The van der Waals surface area contributed by atoms with Gasteiger partial charge in [-0.3, -0.25) is 4.79 Å². The van der Waals surface area contributed by atoms with Crippen molar-refractivity contribution in [3.05, 3.63) is 0 Å². The van der Waals surface area contributed by atoms with E-state index < -0.39 is 0 Å². The van der Waals surface area contributed by atoms with Crippen molar-refractivity contribution >= 4 is 5.97 Å². The van der Waals surface area contributed by atoms with Gasteiger partial charge in [0.25, 0.3) is 0 Å². The SMILES string of the molecule is CCOC(=O)CC(C)(C)C1CO1. The summed E-state index contributed by atoms with van der Waals surface area (Å²) in [7, 11) is 0. The van der Waals surface area contributed by atoms with Gasteiger partial charge >= 0.3 is 5.97 Å². The predicted octanol–water partition coefficient (Wildman–Crippen LogP) is 1.36. The fraction of sp³-hybridized carbons (Fsp3) is 0.889. The van der Waals surface area contributed by atoms with Gasteiger partial charge in [-0.05, 0) is 6.92 Å². The highest BCUT2D eigenvalue weighted by Gasteiger charge is 2.41. The molecule has 0 bridgehead atoms. The molecule has 0 aromatic heterocycles. The van der Waals surface area contributed by atoms with E-state index in [1.54, 1.807) is 0 Å². The third-order valence-corrected chi connectivity index (χ3v) is 2.11.